The third-order valence-corrected chi connectivity index (χ3v) is 13.6. The molecule has 5 aliphatic carbocycles. The molecule has 0 radical (unpaired) electrons. The zero-order valence-electron chi connectivity index (χ0n) is 32.8. The van der Waals surface area contributed by atoms with Crippen LogP contribution >= 0.6 is 0 Å². The van der Waals surface area contributed by atoms with Gasteiger partial charge < -0.3 is 24.8 Å². The Hall–Kier alpha value is -2.44. The summed E-state index contributed by atoms with van der Waals surface area (Å²) in [6.45, 7) is 15.8. The molecule has 0 saturated heterocycles. The van der Waals surface area contributed by atoms with Crippen molar-refractivity contribution in [2.45, 2.75) is 110 Å². The maximum absolute atomic E-state index is 3.67. The molecular formula is C50H56Cl2Zr-2. The first-order valence-corrected chi connectivity index (χ1v) is 20.6. The van der Waals surface area contributed by atoms with Crippen LogP contribution < -0.4 is 24.8 Å². The van der Waals surface area contributed by atoms with E-state index in [1.807, 2.05) is 0 Å². The van der Waals surface area contributed by atoms with Gasteiger partial charge in [-0.25, -0.2) is 6.07 Å². The molecule has 0 unspecified atom stereocenters. The fourth-order valence-corrected chi connectivity index (χ4v) is 10.6. The van der Waals surface area contributed by atoms with Gasteiger partial charge in [0.2, 0.25) is 0 Å². The predicted molar refractivity (Wildman–Crippen MR) is 214 cm³/mol. The zero-order valence-corrected chi connectivity index (χ0v) is 36.8. The summed E-state index contributed by atoms with van der Waals surface area (Å²) >= 11 is 1.46. The average molecular weight is 819 g/mol. The molecule has 4 fully saturated rings. The van der Waals surface area contributed by atoms with Crippen LogP contribution in [0, 0.1) is 30.7 Å². The second-order valence-corrected chi connectivity index (χ2v) is 19.5. The van der Waals surface area contributed by atoms with Crippen molar-refractivity contribution in [1.29, 1.82) is 0 Å². The van der Waals surface area contributed by atoms with E-state index < -0.39 is 0 Å². The van der Waals surface area contributed by atoms with E-state index in [1.165, 1.54) is 96.8 Å². The van der Waals surface area contributed by atoms with Crippen LogP contribution in [0.25, 0.3) is 11.1 Å². The monoisotopic (exact) mass is 816 g/mol. The minimum atomic E-state index is 0. The van der Waals surface area contributed by atoms with Crippen LogP contribution in [0.3, 0.4) is 0 Å². The van der Waals surface area contributed by atoms with E-state index in [1.54, 1.807) is 24.8 Å². The molecule has 5 aromatic carbocycles. The second-order valence-electron chi connectivity index (χ2n) is 18.3. The fourth-order valence-electron chi connectivity index (χ4n) is 9.76. The first kappa shape index (κ1) is 41.7. The summed E-state index contributed by atoms with van der Waals surface area (Å²) < 4.78 is 1.42. The molecule has 53 heavy (non-hydrogen) atoms. The molecule has 3 heteroatoms. The molecule has 5 aliphatic rings. The van der Waals surface area contributed by atoms with Crippen LogP contribution in [0.5, 0.6) is 0 Å². The van der Waals surface area contributed by atoms with Crippen LogP contribution in [-0.2, 0) is 46.9 Å². The van der Waals surface area contributed by atoms with E-state index in [-0.39, 0.29) is 35.6 Å². The van der Waals surface area contributed by atoms with Gasteiger partial charge in [-0.15, -0.1) is 11.1 Å². The molecule has 0 amide bonds. The normalized spacial score (nSPS) is 21.8. The Labute approximate surface area is 348 Å². The Kier molecular flexibility index (Phi) is 13.2. The third kappa shape index (κ3) is 9.34. The molecular weight excluding hydrogens is 763 g/mol. The first-order chi connectivity index (χ1) is 24.3. The zero-order chi connectivity index (χ0) is 36.0. The van der Waals surface area contributed by atoms with Crippen molar-refractivity contribution >= 4 is 3.21 Å². The topological polar surface area (TPSA) is 0 Å². The summed E-state index contributed by atoms with van der Waals surface area (Å²) in [5, 5.41) is 0. The second kappa shape index (κ2) is 16.7. The molecule has 0 aromatic heterocycles. The van der Waals surface area contributed by atoms with E-state index in [4.69, 9.17) is 0 Å². The Morgan fingerprint density at radius 1 is 0.679 bits per heavy atom. The van der Waals surface area contributed by atoms with Crippen LogP contribution in [0.15, 0.2) is 109 Å². The van der Waals surface area contributed by atoms with Crippen molar-refractivity contribution in [1.82, 2.24) is 0 Å². The molecule has 4 bridgehead atoms. The fraction of sp³-hybridized carbons (Fsp3) is 0.400. The number of fused-ring (bicyclic) bond motifs is 3. The average Bonchev–Trinajstić information content (AvgIpc) is 3.71. The predicted octanol–water partition coefficient (Wildman–Crippen LogP) is 6.64. The molecule has 4 saturated carbocycles. The number of rotatable bonds is 3. The molecule has 0 N–H and O–H groups in total. The maximum atomic E-state index is 3.67. The van der Waals surface area contributed by atoms with Gasteiger partial charge in [0.05, 0.1) is 0 Å². The number of halogens is 2. The van der Waals surface area contributed by atoms with E-state index in [0.717, 1.165) is 24.2 Å². The molecule has 0 aliphatic heterocycles. The Morgan fingerprint density at radius 3 is 1.68 bits per heavy atom. The number of aryl methyl sites for hydroxylation is 1. The molecule has 10 rings (SSSR count). The van der Waals surface area contributed by atoms with Crippen LogP contribution in [-0.4, -0.2) is 3.21 Å². The Balaban J connectivity index is 0.000000154. The van der Waals surface area contributed by atoms with Crippen molar-refractivity contribution in [3.63, 3.8) is 0 Å². The standard InChI is InChI=1S/C21H25.C16H21.C13H10.2ClH.Zr/c1-20(2,3)16-7-9-18-14(12-16)11-15-13-17(21(4,5)6)8-10-19(15)18;1-11-2-3-15(4-11)16-8-12-5-13(9-16)7-14(6-12)10-16;1-3-7-12(8-4-1)11-13-9-5-2-6-10-13;;;/h7-10,12H,11H2,1-6H3;2-4,12-14H,5-10H2,1H3;1-10H;2*1H;/q2*-1;;;;+2/p-2. The van der Waals surface area contributed by atoms with Gasteiger partial charge in [-0.05, 0) is 65.4 Å². The summed E-state index contributed by atoms with van der Waals surface area (Å²) in [5.41, 5.74) is 15.1. The molecule has 276 valence electrons. The van der Waals surface area contributed by atoms with Crippen molar-refractivity contribution in [2.24, 2.45) is 17.8 Å². The van der Waals surface area contributed by atoms with Crippen molar-refractivity contribution in [2.75, 3.05) is 0 Å². The summed E-state index contributed by atoms with van der Waals surface area (Å²) in [4.78, 5) is 0. The summed E-state index contributed by atoms with van der Waals surface area (Å²) in [5.74, 6) is 3.21. The molecule has 5 aromatic rings. The van der Waals surface area contributed by atoms with Gasteiger partial charge >= 0.3 is 99.2 Å². The Morgan fingerprint density at radius 2 is 1.21 bits per heavy atom. The van der Waals surface area contributed by atoms with Gasteiger partial charge in [-0.3, -0.25) is 0 Å². The van der Waals surface area contributed by atoms with E-state index in [9.17, 15) is 0 Å². The summed E-state index contributed by atoms with van der Waals surface area (Å²) in [7, 11) is 0. The van der Waals surface area contributed by atoms with Gasteiger partial charge in [0.1, 0.15) is 0 Å². The van der Waals surface area contributed by atoms with Gasteiger partial charge in [0, 0.05) is 0 Å². The van der Waals surface area contributed by atoms with Gasteiger partial charge in [0.25, 0.3) is 0 Å². The number of hydrogen-bond donors (Lipinski definition) is 0. The quantitative estimate of drug-likeness (QED) is 0.176. The molecule has 0 heterocycles. The summed E-state index contributed by atoms with van der Waals surface area (Å²) in [6.07, 6.45) is 10.2. The van der Waals surface area contributed by atoms with Crippen molar-refractivity contribution in [3.8, 4) is 11.1 Å². The van der Waals surface area contributed by atoms with Crippen LogP contribution in [0.1, 0.15) is 125 Å². The van der Waals surface area contributed by atoms with Crippen LogP contribution in [0.4, 0.5) is 0 Å². The molecule has 0 atom stereocenters. The Bertz CT molecular complexity index is 1850. The first-order valence-electron chi connectivity index (χ1n) is 19.4. The minimum absolute atomic E-state index is 0. The number of benzene rings is 4. The van der Waals surface area contributed by atoms with E-state index in [0.29, 0.717) is 5.41 Å². The van der Waals surface area contributed by atoms with Crippen molar-refractivity contribution < 1.29 is 49.0 Å². The van der Waals surface area contributed by atoms with E-state index >= 15 is 0 Å². The van der Waals surface area contributed by atoms with Crippen LogP contribution in [0.2, 0.25) is 0 Å². The molecule has 0 spiro atoms. The van der Waals surface area contributed by atoms with E-state index in [2.05, 4.69) is 164 Å². The SMILES string of the molecule is CC(C)(C)c1[c-]c2c(cc1)-c1ccc(C(C)(C)C)cc1C2.Cc1cc(C23CC4CC(CC(C4)C2)C3)c[cH-]1.[Cl-].[Cl-].[Zr+2]=[C](c1ccccc1)c1ccccc1. The molecule has 0 nitrogen and oxygen atoms in total. The van der Waals surface area contributed by atoms with Gasteiger partial charge in [-0.2, -0.15) is 47.0 Å². The summed E-state index contributed by atoms with van der Waals surface area (Å²) in [6, 6.07) is 43.5. The van der Waals surface area contributed by atoms with Gasteiger partial charge in [-0.1, -0.05) is 96.9 Å². The number of hydrogen-bond acceptors (Lipinski definition) is 0. The van der Waals surface area contributed by atoms with Gasteiger partial charge in [0.15, 0.2) is 0 Å². The third-order valence-electron chi connectivity index (χ3n) is 12.1. The van der Waals surface area contributed by atoms with Crippen molar-refractivity contribution in [3.05, 3.63) is 160 Å².